The second kappa shape index (κ2) is 43.9. The van der Waals surface area contributed by atoms with Crippen molar-refractivity contribution in [3.05, 3.63) is 0 Å². The monoisotopic (exact) mass is 1820 g/mol. The molecular formula is C68H112N4O52. The van der Waals surface area contributed by atoms with E-state index < -0.39 is 395 Å². The topological polar surface area (TPSA) is 894 Å². The number of carboxylic acid groups (broad SMARTS) is 2. The van der Waals surface area contributed by atoms with Gasteiger partial charge in [-0.25, -0.2) is 9.59 Å². The third-order valence-electron chi connectivity index (χ3n) is 22.3. The van der Waals surface area contributed by atoms with E-state index in [1.165, 1.54) is 0 Å². The van der Waals surface area contributed by atoms with Gasteiger partial charge < -0.3 is 250 Å². The van der Waals surface area contributed by atoms with Crippen molar-refractivity contribution in [2.75, 3.05) is 59.5 Å². The highest BCUT2D eigenvalue weighted by Gasteiger charge is 2.65. The van der Waals surface area contributed by atoms with Gasteiger partial charge in [0.25, 0.3) is 11.6 Å². The summed E-state index contributed by atoms with van der Waals surface area (Å²) in [6.07, 6.45) is -93.6. The molecule has 4 amide bonds. The number of aliphatic hydroxyl groups excluding tert-OH is 27. The van der Waals surface area contributed by atoms with Gasteiger partial charge in [0.2, 0.25) is 23.6 Å². The molecule has 9 fully saturated rings. The van der Waals surface area contributed by atoms with Crippen LogP contribution in [0.25, 0.3) is 0 Å². The van der Waals surface area contributed by atoms with Gasteiger partial charge in [-0.05, 0) is 0 Å². The summed E-state index contributed by atoms with van der Waals surface area (Å²) in [7, 11) is 0. The van der Waals surface area contributed by atoms with Crippen molar-refractivity contribution in [3.63, 3.8) is 0 Å². The van der Waals surface area contributed by atoms with Crippen LogP contribution >= 0.6 is 0 Å². The summed E-state index contributed by atoms with van der Waals surface area (Å²) in [6, 6.07) is -7.56. The quantitative estimate of drug-likeness (QED) is 0.0280. The first-order valence-electron chi connectivity index (χ1n) is 38.9. The van der Waals surface area contributed by atoms with Gasteiger partial charge in [0.05, 0.1) is 83.8 Å². The van der Waals surface area contributed by atoms with Gasteiger partial charge in [0, 0.05) is 40.5 Å². The van der Waals surface area contributed by atoms with E-state index in [0.29, 0.717) is 0 Å². The molecule has 0 aromatic carbocycles. The van der Waals surface area contributed by atoms with Crippen LogP contribution < -0.4 is 21.3 Å². The summed E-state index contributed by atoms with van der Waals surface area (Å²) < 4.78 is 98.8. The van der Waals surface area contributed by atoms with Crippen LogP contribution in [0.5, 0.6) is 0 Å². The Bertz CT molecular complexity index is 3450. The molecule has 0 unspecified atom stereocenters. The Morgan fingerprint density at radius 2 is 0.637 bits per heavy atom. The number of carbonyl (C=O) groups excluding carboxylic acids is 4. The molecule has 56 nitrogen and oxygen atoms in total. The van der Waals surface area contributed by atoms with Crippen LogP contribution in [0.4, 0.5) is 0 Å². The van der Waals surface area contributed by atoms with Gasteiger partial charge in [-0.1, -0.05) is 0 Å². The molecule has 9 heterocycles. The molecule has 0 bridgehead atoms. The second-order valence-corrected chi connectivity index (χ2v) is 31.0. The summed E-state index contributed by atoms with van der Waals surface area (Å²) in [5.41, 5.74) is 0. The van der Waals surface area contributed by atoms with E-state index in [4.69, 9.17) is 80.5 Å². The van der Waals surface area contributed by atoms with Gasteiger partial charge in [0.1, 0.15) is 207 Å². The normalized spacial score (nSPS) is 46.3. The summed E-state index contributed by atoms with van der Waals surface area (Å²) >= 11 is 0. The SMILES string of the molecule is CC(=O)N[C@H]1[C@H](O[C@@H]2[C@@H](OC[C@H]3O[C@H](O)[C@@H](O)[C@@H](O[C@H]4O[C@H](CO)[C@@H](O)[C@H](O)[C@@H]4O[C@@H]4O[C@H](CO)[C@@H](O[C@@H]5O[C@H](CO)[C@H](O)[C@H](O[C@]6(C(=O)O)C[C@H](O)[C@@H](NC(C)=O)[C@H]([C@H](O)[C@H](O)CO)O6)[C@H]5O)[C@H](O)[C@H]4NC(C)=O)[C@@H]3O)O[C@H](CO)[C@@H](O)[C@@H]2O)O[C@H](CO)[C@@H](O[C@@H]2O[C@H](CO)[C@H](O)[C@H](O[C@]3(C(=O)O)C[C@H](O)[C@@H](NC(C)=O)[C@H]([C@H](O)[C@H](O)CO)O3)[C@H]2O)[C@@H]1O. The van der Waals surface area contributed by atoms with Crippen molar-refractivity contribution in [1.29, 1.82) is 0 Å². The third kappa shape index (κ3) is 22.3. The third-order valence-corrected chi connectivity index (χ3v) is 22.3. The van der Waals surface area contributed by atoms with Gasteiger partial charge in [-0.3, -0.25) is 19.2 Å². The van der Waals surface area contributed by atoms with Crippen molar-refractivity contribution in [2.45, 2.75) is 328 Å². The van der Waals surface area contributed by atoms with Crippen molar-refractivity contribution in [1.82, 2.24) is 21.3 Å². The molecule has 33 N–H and O–H groups in total. The first-order valence-corrected chi connectivity index (χ1v) is 38.9. The molecule has 9 aliphatic heterocycles. The summed E-state index contributed by atoms with van der Waals surface area (Å²) in [6.45, 7) is -7.07. The Balaban J connectivity index is 0.919. The molecule has 0 aromatic heterocycles. The predicted molar refractivity (Wildman–Crippen MR) is 378 cm³/mol. The lowest BCUT2D eigenvalue weighted by Gasteiger charge is -2.51. The van der Waals surface area contributed by atoms with Crippen LogP contribution in [0.1, 0.15) is 40.5 Å². The number of carboxylic acids is 2. The highest BCUT2D eigenvalue weighted by molar-refractivity contribution is 5.78. The lowest BCUT2D eigenvalue weighted by Crippen LogP contribution is -2.71. The van der Waals surface area contributed by atoms with E-state index in [0.717, 1.165) is 27.7 Å². The molecule has 9 saturated heterocycles. The van der Waals surface area contributed by atoms with Crippen LogP contribution in [-0.4, -0.2) is 530 Å². The Labute approximate surface area is 699 Å². The van der Waals surface area contributed by atoms with E-state index >= 15 is 0 Å². The molecule has 9 rings (SSSR count). The zero-order valence-corrected chi connectivity index (χ0v) is 66.1. The Hall–Kier alpha value is -4.94. The van der Waals surface area contributed by atoms with Crippen LogP contribution in [-0.2, 0) is 109 Å². The standard InChI is InChI=1S/C68H112N4O52/c1-16(81)69-31-20(85)5-67(65(104)105,121-51(31)35(89)22(87)7-73)123-54-39(93)26(11-77)110-61(47(54)101)116-49-28(13-79)114-59(33(42(49)96)71-18(3)83)119-56-44(98)37(91)24(9-75)112-63(56)108-15-30-41(95)53(46(100)58(103)109-30)118-64-57(45(99)38(92)25(10-76)113-64)120-60-34(72-19(4)84)43(97)50(29(14-80)115-60)117-62-48(102)55(40(94)27(12-78)111-62)124-68(66(106)107)6-21(86)32(70-17(2)82)52(122-68)36(90)23(88)8-74/h20-64,73-80,85-103H,5-15H2,1-4H3,(H,69,81)(H,70,82)(H,71,83)(H,72,84)(H,104,105)(H,106,107)/t20-,21-,22+,23+,24+,25+,26+,27+,28+,29+,30+,31+,32+,33+,34+,35+,36+,37+,38+,39-,40-,41+,42+,43+,44-,45-,46-,47+,48+,49+,50+,51+,52+,53-,54-,55-,56-,57-,58-,59-,60-,61-,62-,63-,64+,67-,68-/m0/s1. The summed E-state index contributed by atoms with van der Waals surface area (Å²) in [5.74, 6) is -14.6. The second-order valence-electron chi connectivity index (χ2n) is 31.0. The van der Waals surface area contributed by atoms with Crippen molar-refractivity contribution >= 4 is 35.6 Å². The minimum absolute atomic E-state index is 0.873. The molecule has 0 saturated carbocycles. The molecule has 0 radical (unpaired) electrons. The molecule has 0 aliphatic carbocycles. The molecule has 716 valence electrons. The minimum atomic E-state index is -3.29. The Morgan fingerprint density at radius 3 is 0.984 bits per heavy atom. The lowest BCUT2D eigenvalue weighted by atomic mass is 9.88. The smallest absolute Gasteiger partial charge is 0.364 e. The Morgan fingerprint density at radius 1 is 0.331 bits per heavy atom. The Kier molecular flexibility index (Phi) is 36.4. The summed E-state index contributed by atoms with van der Waals surface area (Å²) in [4.78, 5) is 76.7. The largest absolute Gasteiger partial charge is 0.477 e. The number of amides is 4. The zero-order valence-electron chi connectivity index (χ0n) is 66.1. The molecule has 56 heteroatoms. The highest BCUT2D eigenvalue weighted by atomic mass is 16.8. The van der Waals surface area contributed by atoms with Crippen molar-refractivity contribution < 1.29 is 257 Å². The molecule has 0 spiro atoms. The maximum Gasteiger partial charge on any atom is 0.364 e. The van der Waals surface area contributed by atoms with Gasteiger partial charge in [-0.15, -0.1) is 0 Å². The maximum atomic E-state index is 13.2. The van der Waals surface area contributed by atoms with E-state index in [1.807, 2.05) is 0 Å². The fourth-order valence-corrected chi connectivity index (χ4v) is 15.9. The number of aliphatic carboxylic acids is 2. The lowest BCUT2D eigenvalue weighted by molar-refractivity contribution is -0.396. The van der Waals surface area contributed by atoms with E-state index in [2.05, 4.69) is 21.3 Å². The fraction of sp³-hybridized carbons (Fsp3) is 0.912. The number of ether oxygens (including phenoxy) is 17. The van der Waals surface area contributed by atoms with E-state index in [1.54, 1.807) is 0 Å². The molecular weight excluding hydrogens is 1700 g/mol. The number of carbonyl (C=O) groups is 6. The zero-order chi connectivity index (χ0) is 92.1. The van der Waals surface area contributed by atoms with Gasteiger partial charge in [0.15, 0.2) is 44.0 Å². The maximum absolute atomic E-state index is 13.2. The van der Waals surface area contributed by atoms with E-state index in [-0.39, 0.29) is 0 Å². The first kappa shape index (κ1) is 103. The number of hydrogen-bond donors (Lipinski definition) is 33. The van der Waals surface area contributed by atoms with Crippen molar-refractivity contribution in [3.8, 4) is 0 Å². The van der Waals surface area contributed by atoms with E-state index in [9.17, 15) is 177 Å². The number of rotatable bonds is 35. The fourth-order valence-electron chi connectivity index (χ4n) is 15.9. The van der Waals surface area contributed by atoms with Crippen LogP contribution in [0.15, 0.2) is 0 Å². The molecule has 9 aliphatic rings. The van der Waals surface area contributed by atoms with Crippen molar-refractivity contribution in [2.24, 2.45) is 0 Å². The number of nitrogens with one attached hydrogen (secondary N) is 4. The van der Waals surface area contributed by atoms with Crippen LogP contribution in [0.3, 0.4) is 0 Å². The average Bonchev–Trinajstić information content (AvgIpc) is 0.759. The average molecular weight is 1820 g/mol. The van der Waals surface area contributed by atoms with Crippen LogP contribution in [0.2, 0.25) is 0 Å². The summed E-state index contributed by atoms with van der Waals surface area (Å²) in [5, 5.41) is 330. The predicted octanol–water partition coefficient (Wildman–Crippen LogP) is -21.6. The minimum Gasteiger partial charge on any atom is -0.477 e. The van der Waals surface area contributed by atoms with Gasteiger partial charge in [-0.2, -0.15) is 0 Å². The number of aliphatic hydroxyl groups is 27. The number of hydrogen-bond acceptors (Lipinski definition) is 50. The molecule has 124 heavy (non-hydrogen) atoms. The highest BCUT2D eigenvalue weighted by Crippen LogP contribution is 2.43. The van der Waals surface area contributed by atoms with Crippen LogP contribution in [0, 0.1) is 0 Å². The molecule has 47 atom stereocenters. The first-order chi connectivity index (χ1) is 58.3. The van der Waals surface area contributed by atoms with Gasteiger partial charge >= 0.3 is 11.9 Å². The molecule has 0 aromatic rings.